The van der Waals surface area contributed by atoms with E-state index in [0.717, 1.165) is 5.56 Å². The first-order valence-corrected chi connectivity index (χ1v) is 9.36. The van der Waals surface area contributed by atoms with E-state index in [0.29, 0.717) is 5.75 Å². The molecule has 158 valence electrons. The highest BCUT2D eigenvalue weighted by atomic mass is 19.4. The van der Waals surface area contributed by atoms with Gasteiger partial charge in [-0.3, -0.25) is 4.79 Å². The Morgan fingerprint density at radius 1 is 0.903 bits per heavy atom. The summed E-state index contributed by atoms with van der Waals surface area (Å²) in [5, 5.41) is 0.0422. The summed E-state index contributed by atoms with van der Waals surface area (Å²) in [5.74, 6) is -0.394. The molecule has 0 saturated carbocycles. The summed E-state index contributed by atoms with van der Waals surface area (Å²) in [4.78, 5) is 12.9. The Balaban J connectivity index is 1.75. The molecule has 0 radical (unpaired) electrons. The van der Waals surface area contributed by atoms with Crippen LogP contribution in [0.3, 0.4) is 0 Å². The highest BCUT2D eigenvalue weighted by Crippen LogP contribution is 2.37. The molecule has 0 aliphatic carbocycles. The second kappa shape index (κ2) is 8.18. The van der Waals surface area contributed by atoms with Crippen LogP contribution in [-0.2, 0) is 12.8 Å². The summed E-state index contributed by atoms with van der Waals surface area (Å²) in [6, 6.07) is 19.1. The molecule has 0 unspecified atom stereocenters. The van der Waals surface area contributed by atoms with Crippen molar-refractivity contribution in [3.8, 4) is 22.6 Å². The van der Waals surface area contributed by atoms with Crippen LogP contribution in [0.5, 0.6) is 11.5 Å². The van der Waals surface area contributed by atoms with Crippen molar-refractivity contribution in [3.05, 3.63) is 94.3 Å². The highest BCUT2D eigenvalue weighted by Gasteiger charge is 2.39. The molecule has 0 bridgehead atoms. The topological polar surface area (TPSA) is 48.7 Å². The van der Waals surface area contributed by atoms with Crippen LogP contribution in [0.15, 0.2) is 82.0 Å². The fraction of sp³-hybridized carbons (Fsp3) is 0.125. The number of methoxy groups -OCH3 is 1. The lowest BCUT2D eigenvalue weighted by atomic mass is 10.0. The van der Waals surface area contributed by atoms with E-state index in [4.69, 9.17) is 13.9 Å². The second-order valence-electron chi connectivity index (χ2n) is 6.80. The van der Waals surface area contributed by atoms with Gasteiger partial charge in [-0.1, -0.05) is 42.5 Å². The Kier molecular flexibility index (Phi) is 5.42. The van der Waals surface area contributed by atoms with Crippen molar-refractivity contribution < 1.29 is 27.1 Å². The second-order valence-corrected chi connectivity index (χ2v) is 6.80. The molecule has 0 spiro atoms. The maximum absolute atomic E-state index is 13.7. The van der Waals surface area contributed by atoms with Gasteiger partial charge in [0.2, 0.25) is 11.2 Å². The summed E-state index contributed by atoms with van der Waals surface area (Å²) in [7, 11) is 1.55. The maximum atomic E-state index is 13.7. The predicted molar refractivity (Wildman–Crippen MR) is 110 cm³/mol. The summed E-state index contributed by atoms with van der Waals surface area (Å²) >= 11 is 0. The molecular weight excluding hydrogens is 409 g/mol. The van der Waals surface area contributed by atoms with Gasteiger partial charge in [-0.25, -0.2) is 0 Å². The Hall–Kier alpha value is -3.74. The molecule has 1 aromatic heterocycles. The number of ether oxygens (including phenoxy) is 2. The molecule has 4 nitrogen and oxygen atoms in total. The van der Waals surface area contributed by atoms with Gasteiger partial charge < -0.3 is 13.9 Å². The quantitative estimate of drug-likeness (QED) is 0.389. The first-order chi connectivity index (χ1) is 14.9. The minimum atomic E-state index is -4.84. The Labute approximate surface area is 175 Å². The number of rotatable bonds is 5. The molecule has 4 aromatic rings. The zero-order valence-electron chi connectivity index (χ0n) is 16.4. The van der Waals surface area contributed by atoms with Crippen molar-refractivity contribution in [2.45, 2.75) is 12.8 Å². The van der Waals surface area contributed by atoms with Crippen LogP contribution in [0.2, 0.25) is 0 Å². The third-order valence-corrected chi connectivity index (χ3v) is 4.72. The van der Waals surface area contributed by atoms with Crippen molar-refractivity contribution in [3.63, 3.8) is 0 Å². The number of halogens is 3. The van der Waals surface area contributed by atoms with Crippen LogP contribution in [0.25, 0.3) is 22.1 Å². The maximum Gasteiger partial charge on any atom is 0.450 e. The van der Waals surface area contributed by atoms with Gasteiger partial charge in [-0.2, -0.15) is 13.2 Å². The van der Waals surface area contributed by atoms with E-state index in [-0.39, 0.29) is 28.9 Å². The molecule has 0 aliphatic rings. The normalized spacial score (nSPS) is 11.5. The van der Waals surface area contributed by atoms with E-state index in [2.05, 4.69) is 0 Å². The minimum absolute atomic E-state index is 0.0422. The smallest absolute Gasteiger partial charge is 0.450 e. The number of hydrogen-bond donors (Lipinski definition) is 0. The molecule has 1 heterocycles. The highest BCUT2D eigenvalue weighted by molar-refractivity contribution is 5.84. The average Bonchev–Trinajstić information content (AvgIpc) is 2.77. The van der Waals surface area contributed by atoms with Crippen LogP contribution >= 0.6 is 0 Å². The molecule has 0 N–H and O–H groups in total. The van der Waals surface area contributed by atoms with Crippen LogP contribution in [0.1, 0.15) is 11.3 Å². The molecule has 4 rings (SSSR count). The molecule has 0 atom stereocenters. The lowest BCUT2D eigenvalue weighted by molar-refractivity contribution is -0.152. The monoisotopic (exact) mass is 426 g/mol. The molecule has 0 saturated heterocycles. The van der Waals surface area contributed by atoms with Gasteiger partial charge >= 0.3 is 6.18 Å². The van der Waals surface area contributed by atoms with Gasteiger partial charge in [0.25, 0.3) is 0 Å². The van der Waals surface area contributed by atoms with Crippen molar-refractivity contribution in [1.29, 1.82) is 0 Å². The molecule has 0 aliphatic heterocycles. The zero-order chi connectivity index (χ0) is 22.0. The summed E-state index contributed by atoms with van der Waals surface area (Å²) in [6.07, 6.45) is -4.84. The van der Waals surface area contributed by atoms with Gasteiger partial charge in [0.05, 0.1) is 18.1 Å². The van der Waals surface area contributed by atoms with Crippen molar-refractivity contribution >= 4 is 11.0 Å². The number of benzene rings is 3. The van der Waals surface area contributed by atoms with Crippen LogP contribution < -0.4 is 14.9 Å². The van der Waals surface area contributed by atoms with Crippen molar-refractivity contribution in [2.75, 3.05) is 7.11 Å². The van der Waals surface area contributed by atoms with Gasteiger partial charge in [0.1, 0.15) is 23.7 Å². The lowest BCUT2D eigenvalue weighted by Crippen LogP contribution is -2.16. The SMILES string of the molecule is COc1cccc(COc2ccc3c(=O)c(-c4ccccc4)c(C(F)(F)F)oc3c2)c1. The summed E-state index contributed by atoms with van der Waals surface area (Å²) in [5.41, 5.74) is -0.495. The molecule has 7 heteroatoms. The van der Waals surface area contributed by atoms with Gasteiger partial charge in [-0.05, 0) is 35.4 Å². The first-order valence-electron chi connectivity index (χ1n) is 9.36. The standard InChI is InChI=1S/C24H17F3O4/c1-29-17-9-5-6-15(12-17)14-30-18-10-11-19-20(13-18)31-23(24(25,26)27)21(22(19)28)16-7-3-2-4-8-16/h2-13H,14H2,1H3. The van der Waals surface area contributed by atoms with E-state index in [9.17, 15) is 18.0 Å². The average molecular weight is 426 g/mol. The molecular formula is C24H17F3O4. The van der Waals surface area contributed by atoms with Gasteiger partial charge in [0.15, 0.2) is 0 Å². The van der Waals surface area contributed by atoms with E-state index in [1.807, 2.05) is 6.07 Å². The predicted octanol–water partition coefficient (Wildman–Crippen LogP) is 6.07. The fourth-order valence-corrected chi connectivity index (χ4v) is 3.26. The Morgan fingerprint density at radius 2 is 1.68 bits per heavy atom. The van der Waals surface area contributed by atoms with Crippen LogP contribution in [-0.4, -0.2) is 7.11 Å². The van der Waals surface area contributed by atoms with E-state index in [1.54, 1.807) is 43.5 Å². The lowest BCUT2D eigenvalue weighted by Gasteiger charge is -2.13. The first kappa shape index (κ1) is 20.5. The Bertz CT molecular complexity index is 1280. The summed E-state index contributed by atoms with van der Waals surface area (Å²) in [6.45, 7) is 0.168. The number of alkyl halides is 3. The number of hydrogen-bond acceptors (Lipinski definition) is 4. The van der Waals surface area contributed by atoms with Crippen LogP contribution in [0, 0.1) is 0 Å². The van der Waals surface area contributed by atoms with Gasteiger partial charge in [0, 0.05) is 6.07 Å². The van der Waals surface area contributed by atoms with E-state index in [1.165, 1.54) is 30.3 Å². The third-order valence-electron chi connectivity index (χ3n) is 4.72. The van der Waals surface area contributed by atoms with E-state index < -0.39 is 22.9 Å². The van der Waals surface area contributed by atoms with Crippen molar-refractivity contribution in [2.24, 2.45) is 0 Å². The van der Waals surface area contributed by atoms with Gasteiger partial charge in [-0.15, -0.1) is 0 Å². The molecule has 31 heavy (non-hydrogen) atoms. The van der Waals surface area contributed by atoms with Crippen LogP contribution in [0.4, 0.5) is 13.2 Å². The Morgan fingerprint density at radius 3 is 2.39 bits per heavy atom. The zero-order valence-corrected chi connectivity index (χ0v) is 16.4. The number of fused-ring (bicyclic) bond motifs is 1. The summed E-state index contributed by atoms with van der Waals surface area (Å²) < 4.78 is 57.2. The largest absolute Gasteiger partial charge is 0.497 e. The molecule has 0 fully saturated rings. The fourth-order valence-electron chi connectivity index (χ4n) is 3.26. The van der Waals surface area contributed by atoms with Crippen molar-refractivity contribution in [1.82, 2.24) is 0 Å². The van der Waals surface area contributed by atoms with E-state index >= 15 is 0 Å². The molecule has 3 aromatic carbocycles. The molecule has 0 amide bonds. The third kappa shape index (κ3) is 4.26. The minimum Gasteiger partial charge on any atom is -0.497 e.